The van der Waals surface area contributed by atoms with Crippen LogP contribution in [0.3, 0.4) is 0 Å². The first-order valence-electron chi connectivity index (χ1n) is 11.1. The Morgan fingerprint density at radius 2 is 1.77 bits per heavy atom. The van der Waals surface area contributed by atoms with Gasteiger partial charge in [-0.3, -0.25) is 0 Å². The Bertz CT molecular complexity index is 898. The average molecular weight is 418 g/mol. The van der Waals surface area contributed by atoms with E-state index in [1.54, 1.807) is 18.0 Å². The van der Waals surface area contributed by atoms with Crippen molar-refractivity contribution in [2.24, 2.45) is 0 Å². The van der Waals surface area contributed by atoms with Gasteiger partial charge in [-0.1, -0.05) is 67.3 Å². The molecular weight excluding hydrogens is 382 g/mol. The molecule has 31 heavy (non-hydrogen) atoms. The molecule has 2 aromatic carbocycles. The van der Waals surface area contributed by atoms with E-state index in [0.29, 0.717) is 6.54 Å². The van der Waals surface area contributed by atoms with Crippen molar-refractivity contribution in [3.05, 3.63) is 90.5 Å². The minimum atomic E-state index is -0.0248. The zero-order valence-corrected chi connectivity index (χ0v) is 18.9. The van der Waals surface area contributed by atoms with Crippen molar-refractivity contribution in [2.45, 2.75) is 44.1 Å². The maximum atomic E-state index is 12.4. The average Bonchev–Trinajstić information content (AvgIpc) is 2.79. The molecule has 0 unspecified atom stereocenters. The highest BCUT2D eigenvalue weighted by Gasteiger charge is 2.37. The van der Waals surface area contributed by atoms with Crippen molar-refractivity contribution in [1.29, 1.82) is 0 Å². The number of likely N-dealkylation sites (N-methyl/N-ethyl adjacent to an activating group) is 1. The third kappa shape index (κ3) is 5.57. The molecule has 3 rings (SSSR count). The number of benzene rings is 2. The monoisotopic (exact) mass is 417 g/mol. The molecule has 0 heterocycles. The fraction of sp³-hybridized carbons (Fsp3) is 0.370. The molecule has 164 valence electrons. The van der Waals surface area contributed by atoms with Gasteiger partial charge in [0.05, 0.1) is 0 Å². The van der Waals surface area contributed by atoms with Crippen molar-refractivity contribution in [3.63, 3.8) is 0 Å². The summed E-state index contributed by atoms with van der Waals surface area (Å²) in [5.41, 5.74) is 4.74. The third-order valence-corrected chi connectivity index (χ3v) is 6.52. The third-order valence-electron chi connectivity index (χ3n) is 6.52. The molecule has 0 aliphatic heterocycles. The molecule has 0 radical (unpaired) electrons. The molecule has 1 saturated carbocycles. The minimum absolute atomic E-state index is 0.0248. The van der Waals surface area contributed by atoms with Gasteiger partial charge in [-0.25, -0.2) is 4.79 Å². The molecule has 0 aromatic heterocycles. The van der Waals surface area contributed by atoms with Gasteiger partial charge in [0.25, 0.3) is 0 Å². The smallest absolute Gasteiger partial charge is 0.317 e. The summed E-state index contributed by atoms with van der Waals surface area (Å²) in [7, 11) is 1.80. The number of carbonyl (C=O) groups is 1. The van der Waals surface area contributed by atoms with Gasteiger partial charge in [-0.2, -0.15) is 0 Å². The van der Waals surface area contributed by atoms with E-state index in [9.17, 15) is 4.79 Å². The highest BCUT2D eigenvalue weighted by Crippen LogP contribution is 2.39. The number of nitrogens with zero attached hydrogens (tertiary/aromatic N) is 1. The summed E-state index contributed by atoms with van der Waals surface area (Å²) in [5, 5.41) is 6.83. The summed E-state index contributed by atoms with van der Waals surface area (Å²) < 4.78 is 0. The first-order chi connectivity index (χ1) is 14.9. The zero-order valence-electron chi connectivity index (χ0n) is 18.9. The van der Waals surface area contributed by atoms with Gasteiger partial charge in [0.2, 0.25) is 0 Å². The second kappa shape index (κ2) is 10.3. The van der Waals surface area contributed by atoms with E-state index < -0.39 is 0 Å². The molecule has 0 bridgehead atoms. The highest BCUT2D eigenvalue weighted by molar-refractivity contribution is 5.74. The second-order valence-corrected chi connectivity index (χ2v) is 8.69. The van der Waals surface area contributed by atoms with Crippen molar-refractivity contribution < 1.29 is 4.79 Å². The number of urea groups is 1. The predicted octanol–water partition coefficient (Wildman–Crippen LogP) is 5.26. The van der Waals surface area contributed by atoms with Crippen molar-refractivity contribution in [1.82, 2.24) is 15.5 Å². The Hall–Kier alpha value is -3.01. The molecule has 2 aromatic rings. The normalized spacial score (nSPS) is 20.5. The van der Waals surface area contributed by atoms with Crippen molar-refractivity contribution in [2.75, 3.05) is 20.1 Å². The summed E-state index contributed by atoms with van der Waals surface area (Å²) in [6.45, 7) is 11.5. The maximum absolute atomic E-state index is 12.4. The lowest BCUT2D eigenvalue weighted by Gasteiger charge is -2.41. The number of rotatable bonds is 8. The molecule has 2 amide bonds. The Labute approximate surface area is 187 Å². The number of hydrogen-bond acceptors (Lipinski definition) is 2. The topological polar surface area (TPSA) is 44.4 Å². The summed E-state index contributed by atoms with van der Waals surface area (Å²) in [5.74, 6) is 0. The Morgan fingerprint density at radius 3 is 2.42 bits per heavy atom. The molecule has 0 spiro atoms. The first-order valence-corrected chi connectivity index (χ1v) is 11.1. The fourth-order valence-electron chi connectivity index (χ4n) is 4.52. The van der Waals surface area contributed by atoms with Gasteiger partial charge < -0.3 is 15.5 Å². The number of carbonyl (C=O) groups excluding carboxylic acids is 1. The number of hydrogen-bond donors (Lipinski definition) is 2. The first kappa shape index (κ1) is 22.7. The summed E-state index contributed by atoms with van der Waals surface area (Å²) in [6.07, 6.45) is 5.69. The molecule has 1 aliphatic carbocycles. The number of nitrogens with one attached hydrogen (secondary N) is 2. The highest BCUT2D eigenvalue weighted by atomic mass is 16.2. The van der Waals surface area contributed by atoms with Crippen LogP contribution in [-0.4, -0.2) is 37.1 Å². The van der Waals surface area contributed by atoms with Gasteiger partial charge in [-0.15, -0.1) is 6.58 Å². The molecule has 0 saturated heterocycles. The van der Waals surface area contributed by atoms with Gasteiger partial charge in [0, 0.05) is 37.3 Å². The Balaban J connectivity index is 1.69. The molecule has 4 nitrogen and oxygen atoms in total. The Morgan fingerprint density at radius 1 is 1.13 bits per heavy atom. The Kier molecular flexibility index (Phi) is 7.56. The van der Waals surface area contributed by atoms with Crippen LogP contribution in [0.25, 0.3) is 5.70 Å². The van der Waals surface area contributed by atoms with Crippen LogP contribution < -0.4 is 10.6 Å². The molecule has 4 heteroatoms. The zero-order chi connectivity index (χ0) is 22.3. The van der Waals surface area contributed by atoms with E-state index in [1.807, 2.05) is 0 Å². The van der Waals surface area contributed by atoms with Crippen molar-refractivity contribution >= 4 is 11.7 Å². The lowest BCUT2D eigenvalue weighted by Crippen LogP contribution is -2.48. The van der Waals surface area contributed by atoms with Gasteiger partial charge in [0.15, 0.2) is 0 Å². The second-order valence-electron chi connectivity index (χ2n) is 8.69. The number of amides is 2. The molecule has 2 N–H and O–H groups in total. The predicted molar refractivity (Wildman–Crippen MR) is 130 cm³/mol. The van der Waals surface area contributed by atoms with Gasteiger partial charge in [0.1, 0.15) is 0 Å². The van der Waals surface area contributed by atoms with Crippen LogP contribution in [0.2, 0.25) is 0 Å². The molecule has 0 atom stereocenters. The van der Waals surface area contributed by atoms with Crippen LogP contribution in [0.15, 0.2) is 73.8 Å². The fourth-order valence-corrected chi connectivity index (χ4v) is 4.52. The van der Waals surface area contributed by atoms with E-state index in [0.717, 1.165) is 43.5 Å². The van der Waals surface area contributed by atoms with Crippen LogP contribution >= 0.6 is 0 Å². The summed E-state index contributed by atoms with van der Waals surface area (Å²) >= 11 is 0. The lowest BCUT2D eigenvalue weighted by molar-refractivity contribution is 0.195. The van der Waals surface area contributed by atoms with Gasteiger partial charge in [-0.05, 0) is 49.3 Å². The maximum Gasteiger partial charge on any atom is 0.317 e. The molecule has 1 aliphatic rings. The quantitative estimate of drug-likeness (QED) is 0.575. The number of aryl methyl sites for hydroxylation is 1. The van der Waals surface area contributed by atoms with Crippen molar-refractivity contribution in [3.8, 4) is 0 Å². The molecular formula is C27H35N3O. The lowest BCUT2D eigenvalue weighted by atomic mass is 9.68. The van der Waals surface area contributed by atoms with E-state index in [4.69, 9.17) is 0 Å². The van der Waals surface area contributed by atoms with Crippen LogP contribution in [0, 0.1) is 6.92 Å². The summed E-state index contributed by atoms with van der Waals surface area (Å²) in [4.78, 5) is 14.0. The van der Waals surface area contributed by atoms with E-state index in [-0.39, 0.29) is 17.5 Å². The summed E-state index contributed by atoms with van der Waals surface area (Å²) in [6, 6.07) is 19.3. The SMILES string of the molecule is C=CCN(C)C(=O)NC1CCC(CNC(=C)c2ccccc2C)(c2ccccc2)CC1. The van der Waals surface area contributed by atoms with Crippen LogP contribution in [0.5, 0.6) is 0 Å². The standard InChI is InChI=1S/C27H35N3O/c1-5-19-30(4)26(31)29-24-15-17-27(18-16-24,23-12-7-6-8-13-23)20-28-22(3)25-14-10-9-11-21(25)2/h5-14,24,28H,1,3,15-20H2,2,4H3,(H,29,31). The van der Waals surface area contributed by atoms with E-state index in [1.165, 1.54) is 11.1 Å². The van der Waals surface area contributed by atoms with E-state index >= 15 is 0 Å². The van der Waals surface area contributed by atoms with Crippen LogP contribution in [0.4, 0.5) is 4.79 Å². The van der Waals surface area contributed by atoms with Crippen LogP contribution in [-0.2, 0) is 5.41 Å². The van der Waals surface area contributed by atoms with Gasteiger partial charge >= 0.3 is 6.03 Å². The molecule has 1 fully saturated rings. The van der Waals surface area contributed by atoms with Crippen LogP contribution in [0.1, 0.15) is 42.4 Å². The largest absolute Gasteiger partial charge is 0.384 e. The minimum Gasteiger partial charge on any atom is -0.384 e. The van der Waals surface area contributed by atoms with E-state index in [2.05, 4.69) is 85.3 Å².